The molecule has 5 heteroatoms. The van der Waals surface area contributed by atoms with E-state index >= 15 is 0 Å². The fourth-order valence-corrected chi connectivity index (χ4v) is 1.65. The summed E-state index contributed by atoms with van der Waals surface area (Å²) in [6.45, 7) is 10.0. The Bertz CT molecular complexity index is 387. The van der Waals surface area contributed by atoms with Gasteiger partial charge in [-0.05, 0) is 13.3 Å². The third-order valence-electron chi connectivity index (χ3n) is 2.70. The molecule has 0 saturated carbocycles. The van der Waals surface area contributed by atoms with Gasteiger partial charge in [0.1, 0.15) is 17.5 Å². The Labute approximate surface area is 109 Å². The summed E-state index contributed by atoms with van der Waals surface area (Å²) >= 11 is 0. The van der Waals surface area contributed by atoms with Gasteiger partial charge in [-0.1, -0.05) is 20.8 Å². The second-order valence-corrected chi connectivity index (χ2v) is 5.38. The van der Waals surface area contributed by atoms with E-state index < -0.39 is 0 Å². The van der Waals surface area contributed by atoms with Crippen LogP contribution >= 0.6 is 0 Å². The smallest absolute Gasteiger partial charge is 0.138 e. The maximum absolute atomic E-state index is 8.91. The van der Waals surface area contributed by atoms with E-state index in [9.17, 15) is 0 Å². The van der Waals surface area contributed by atoms with Crippen molar-refractivity contribution in [2.75, 3.05) is 30.3 Å². The molecule has 0 spiro atoms. The van der Waals surface area contributed by atoms with Crippen LogP contribution < -0.4 is 10.6 Å². The van der Waals surface area contributed by atoms with Gasteiger partial charge in [-0.25, -0.2) is 9.97 Å². The Morgan fingerprint density at radius 2 is 2.00 bits per heavy atom. The lowest BCUT2D eigenvalue weighted by atomic mass is 9.96. The van der Waals surface area contributed by atoms with Gasteiger partial charge in [-0.15, -0.1) is 0 Å². The van der Waals surface area contributed by atoms with Crippen LogP contribution in [-0.4, -0.2) is 34.8 Å². The number of nitrogen functional groups attached to an aromatic ring is 1. The normalized spacial score (nSPS) is 11.6. The molecule has 0 radical (unpaired) electrons. The number of aromatic nitrogens is 2. The summed E-state index contributed by atoms with van der Waals surface area (Å²) in [5.41, 5.74) is 5.73. The lowest BCUT2D eigenvalue weighted by Gasteiger charge is -2.24. The van der Waals surface area contributed by atoms with Gasteiger partial charge in [0.05, 0.1) is 0 Å². The summed E-state index contributed by atoms with van der Waals surface area (Å²) in [6, 6.07) is 1.79. The van der Waals surface area contributed by atoms with Crippen LogP contribution in [0.15, 0.2) is 6.07 Å². The molecule has 1 rings (SSSR count). The summed E-state index contributed by atoms with van der Waals surface area (Å²) in [6.07, 6.45) is 0.725. The highest BCUT2D eigenvalue weighted by atomic mass is 16.3. The molecule has 1 heterocycles. The average Bonchev–Trinajstić information content (AvgIpc) is 2.28. The first-order valence-corrected chi connectivity index (χ1v) is 6.39. The molecule has 0 unspecified atom stereocenters. The quantitative estimate of drug-likeness (QED) is 0.832. The molecule has 0 saturated heterocycles. The van der Waals surface area contributed by atoms with Crippen LogP contribution in [-0.2, 0) is 5.41 Å². The minimum absolute atomic E-state index is 0.124. The predicted octanol–water partition coefficient (Wildman–Crippen LogP) is 1.57. The van der Waals surface area contributed by atoms with E-state index in [2.05, 4.69) is 42.6 Å². The summed E-state index contributed by atoms with van der Waals surface area (Å²) in [5.74, 6) is 2.08. The van der Waals surface area contributed by atoms with E-state index in [0.717, 1.165) is 31.2 Å². The molecule has 5 nitrogen and oxygen atoms in total. The van der Waals surface area contributed by atoms with Gasteiger partial charge in [0.15, 0.2) is 0 Å². The summed E-state index contributed by atoms with van der Waals surface area (Å²) in [5, 5.41) is 8.91. The van der Waals surface area contributed by atoms with Gasteiger partial charge in [0, 0.05) is 31.2 Å². The average molecular weight is 252 g/mol. The summed E-state index contributed by atoms with van der Waals surface area (Å²) in [4.78, 5) is 11.0. The zero-order valence-corrected chi connectivity index (χ0v) is 11.8. The van der Waals surface area contributed by atoms with Gasteiger partial charge < -0.3 is 15.7 Å². The molecule has 0 fully saturated rings. The highest BCUT2D eigenvalue weighted by Crippen LogP contribution is 2.23. The van der Waals surface area contributed by atoms with Crippen LogP contribution in [0.25, 0.3) is 0 Å². The van der Waals surface area contributed by atoms with Gasteiger partial charge in [0.2, 0.25) is 0 Å². The van der Waals surface area contributed by atoms with Crippen LogP contribution in [0.4, 0.5) is 11.6 Å². The number of hydrogen-bond acceptors (Lipinski definition) is 5. The van der Waals surface area contributed by atoms with Crippen LogP contribution in [0.1, 0.15) is 39.9 Å². The van der Waals surface area contributed by atoms with Gasteiger partial charge in [-0.3, -0.25) is 0 Å². The largest absolute Gasteiger partial charge is 0.396 e. The van der Waals surface area contributed by atoms with Crippen molar-refractivity contribution in [3.8, 4) is 0 Å². The van der Waals surface area contributed by atoms with Crippen molar-refractivity contribution < 1.29 is 5.11 Å². The van der Waals surface area contributed by atoms with Gasteiger partial charge >= 0.3 is 0 Å². The number of rotatable bonds is 5. The first kappa shape index (κ1) is 14.7. The monoisotopic (exact) mass is 252 g/mol. The Morgan fingerprint density at radius 3 is 2.50 bits per heavy atom. The molecule has 18 heavy (non-hydrogen) atoms. The van der Waals surface area contributed by atoms with Crippen molar-refractivity contribution in [1.29, 1.82) is 0 Å². The minimum Gasteiger partial charge on any atom is -0.396 e. The number of nitrogens with zero attached hydrogens (tertiary/aromatic N) is 3. The van der Waals surface area contributed by atoms with Crippen LogP contribution in [0.3, 0.4) is 0 Å². The van der Waals surface area contributed by atoms with Crippen molar-refractivity contribution in [2.45, 2.75) is 39.5 Å². The van der Waals surface area contributed by atoms with Crippen molar-refractivity contribution in [3.63, 3.8) is 0 Å². The lowest BCUT2D eigenvalue weighted by molar-refractivity contribution is 0.289. The fourth-order valence-electron chi connectivity index (χ4n) is 1.65. The van der Waals surface area contributed by atoms with Gasteiger partial charge in [-0.2, -0.15) is 0 Å². The lowest BCUT2D eigenvalue weighted by Crippen LogP contribution is -2.27. The highest BCUT2D eigenvalue weighted by molar-refractivity contribution is 5.47. The van der Waals surface area contributed by atoms with Crippen molar-refractivity contribution in [2.24, 2.45) is 0 Å². The summed E-state index contributed by atoms with van der Waals surface area (Å²) in [7, 11) is 0. The molecule has 0 aliphatic rings. The zero-order valence-electron chi connectivity index (χ0n) is 11.8. The van der Waals surface area contributed by atoms with E-state index in [0.29, 0.717) is 5.82 Å². The fraction of sp³-hybridized carbons (Fsp3) is 0.692. The molecular formula is C13H24N4O. The van der Waals surface area contributed by atoms with E-state index in [1.807, 2.05) is 0 Å². The molecule has 102 valence electrons. The Morgan fingerprint density at radius 1 is 1.33 bits per heavy atom. The summed E-state index contributed by atoms with van der Waals surface area (Å²) < 4.78 is 0. The molecule has 3 N–H and O–H groups in total. The third kappa shape index (κ3) is 3.84. The number of anilines is 2. The molecular weight excluding hydrogens is 228 g/mol. The molecule has 0 amide bonds. The van der Waals surface area contributed by atoms with Crippen LogP contribution in [0, 0.1) is 0 Å². The second kappa shape index (κ2) is 6.00. The molecule has 0 bridgehead atoms. The number of aliphatic hydroxyl groups is 1. The maximum atomic E-state index is 8.91. The van der Waals surface area contributed by atoms with E-state index in [-0.39, 0.29) is 12.0 Å². The highest BCUT2D eigenvalue weighted by Gasteiger charge is 2.19. The maximum Gasteiger partial charge on any atom is 0.138 e. The van der Waals surface area contributed by atoms with Crippen molar-refractivity contribution in [3.05, 3.63) is 11.9 Å². The Balaban J connectivity index is 3.04. The zero-order chi connectivity index (χ0) is 13.8. The Hall–Kier alpha value is -1.36. The minimum atomic E-state index is -0.124. The van der Waals surface area contributed by atoms with E-state index in [1.165, 1.54) is 0 Å². The second-order valence-electron chi connectivity index (χ2n) is 5.38. The van der Waals surface area contributed by atoms with E-state index in [1.54, 1.807) is 6.07 Å². The van der Waals surface area contributed by atoms with E-state index in [4.69, 9.17) is 10.8 Å². The predicted molar refractivity (Wildman–Crippen MR) is 74.7 cm³/mol. The number of nitrogens with two attached hydrogens (primary N) is 1. The van der Waals surface area contributed by atoms with Gasteiger partial charge in [0.25, 0.3) is 0 Å². The Kier molecular flexibility index (Phi) is 4.90. The first-order chi connectivity index (χ1) is 8.38. The van der Waals surface area contributed by atoms with Crippen molar-refractivity contribution >= 4 is 11.6 Å². The topological polar surface area (TPSA) is 75.3 Å². The first-order valence-electron chi connectivity index (χ1n) is 6.39. The van der Waals surface area contributed by atoms with Crippen LogP contribution in [0.5, 0.6) is 0 Å². The van der Waals surface area contributed by atoms with Crippen molar-refractivity contribution in [1.82, 2.24) is 9.97 Å². The molecule has 1 aromatic heterocycles. The molecule has 0 atom stereocenters. The molecule has 1 aromatic rings. The standard InChI is InChI=1S/C13H24N4O/c1-5-17(7-6-8-18)11-9-10(14)15-12(16-11)13(2,3)4/h9,18H,5-8H2,1-4H3,(H2,14,15,16). The van der Waals surface area contributed by atoms with Crippen LogP contribution in [0.2, 0.25) is 0 Å². The number of aliphatic hydroxyl groups excluding tert-OH is 1. The SMILES string of the molecule is CCN(CCCO)c1cc(N)nc(C(C)(C)C)n1. The molecule has 0 aliphatic heterocycles. The molecule has 0 aliphatic carbocycles. The molecule has 0 aromatic carbocycles. The number of hydrogen-bond donors (Lipinski definition) is 2. The third-order valence-corrected chi connectivity index (χ3v) is 2.70.